The van der Waals surface area contributed by atoms with Gasteiger partial charge in [-0.1, -0.05) is 24.3 Å². The molecular weight excluding hydrogens is 363 g/mol. The number of benzene rings is 2. The SMILES string of the molecule is COc1ccccc1CCNC(=O)COC(=O)c1cccc(C(F)(F)F)c1. The minimum absolute atomic E-state index is 0.272. The van der Waals surface area contributed by atoms with E-state index in [0.29, 0.717) is 24.8 Å². The van der Waals surface area contributed by atoms with Crippen LogP contribution in [-0.4, -0.2) is 32.1 Å². The summed E-state index contributed by atoms with van der Waals surface area (Å²) in [6.45, 7) is -0.290. The smallest absolute Gasteiger partial charge is 0.416 e. The van der Waals surface area contributed by atoms with E-state index in [2.05, 4.69) is 5.32 Å². The van der Waals surface area contributed by atoms with Crippen molar-refractivity contribution in [2.24, 2.45) is 0 Å². The Morgan fingerprint density at radius 1 is 1.07 bits per heavy atom. The molecule has 0 saturated carbocycles. The summed E-state index contributed by atoms with van der Waals surface area (Å²) in [7, 11) is 1.55. The predicted molar refractivity (Wildman–Crippen MR) is 91.4 cm³/mol. The number of rotatable bonds is 7. The van der Waals surface area contributed by atoms with Crippen LogP contribution in [-0.2, 0) is 22.1 Å². The van der Waals surface area contributed by atoms with Crippen LogP contribution in [0.3, 0.4) is 0 Å². The molecule has 0 aliphatic heterocycles. The summed E-state index contributed by atoms with van der Waals surface area (Å²) < 4.78 is 47.9. The summed E-state index contributed by atoms with van der Waals surface area (Å²) in [5.41, 5.74) is -0.328. The van der Waals surface area contributed by atoms with E-state index >= 15 is 0 Å². The highest BCUT2D eigenvalue weighted by Crippen LogP contribution is 2.29. The lowest BCUT2D eigenvalue weighted by Gasteiger charge is -2.10. The van der Waals surface area contributed by atoms with Crippen molar-refractivity contribution in [3.05, 3.63) is 65.2 Å². The molecule has 0 aromatic heterocycles. The molecule has 2 rings (SSSR count). The Morgan fingerprint density at radius 3 is 2.52 bits per heavy atom. The average Bonchev–Trinajstić information content (AvgIpc) is 2.66. The normalized spacial score (nSPS) is 11.0. The largest absolute Gasteiger partial charge is 0.496 e. The van der Waals surface area contributed by atoms with Gasteiger partial charge in [0.2, 0.25) is 0 Å². The molecule has 0 heterocycles. The summed E-state index contributed by atoms with van der Waals surface area (Å²) in [6.07, 6.45) is -4.05. The third kappa shape index (κ3) is 6.02. The van der Waals surface area contributed by atoms with Crippen LogP contribution in [0.2, 0.25) is 0 Å². The molecule has 1 amide bonds. The molecule has 0 aliphatic carbocycles. The van der Waals surface area contributed by atoms with E-state index in [4.69, 9.17) is 9.47 Å². The molecule has 8 heteroatoms. The molecule has 1 N–H and O–H groups in total. The highest BCUT2D eigenvalue weighted by Gasteiger charge is 2.31. The minimum atomic E-state index is -4.56. The van der Waals surface area contributed by atoms with Gasteiger partial charge in [-0.25, -0.2) is 4.79 Å². The van der Waals surface area contributed by atoms with E-state index in [9.17, 15) is 22.8 Å². The second kappa shape index (κ2) is 9.07. The molecule has 27 heavy (non-hydrogen) atoms. The third-order valence-corrected chi connectivity index (χ3v) is 3.67. The zero-order valence-electron chi connectivity index (χ0n) is 14.5. The number of methoxy groups -OCH3 is 1. The number of alkyl halides is 3. The predicted octanol–water partition coefficient (Wildman–Crippen LogP) is 3.23. The van der Waals surface area contributed by atoms with Gasteiger partial charge in [-0.2, -0.15) is 13.2 Å². The molecule has 0 spiro atoms. The van der Waals surface area contributed by atoms with E-state index in [1.165, 1.54) is 6.07 Å². The van der Waals surface area contributed by atoms with Crippen molar-refractivity contribution in [2.75, 3.05) is 20.3 Å². The molecule has 0 bridgehead atoms. The fourth-order valence-electron chi connectivity index (χ4n) is 2.33. The Labute approximate surface area is 154 Å². The van der Waals surface area contributed by atoms with E-state index in [0.717, 1.165) is 17.7 Å². The van der Waals surface area contributed by atoms with Gasteiger partial charge in [0.1, 0.15) is 5.75 Å². The summed E-state index contributed by atoms with van der Waals surface area (Å²) in [6, 6.07) is 11.2. The minimum Gasteiger partial charge on any atom is -0.496 e. The van der Waals surface area contributed by atoms with Crippen LogP contribution in [0.25, 0.3) is 0 Å². The molecular formula is C19H18F3NO4. The maximum Gasteiger partial charge on any atom is 0.416 e. The van der Waals surface area contributed by atoms with Gasteiger partial charge in [-0.3, -0.25) is 4.79 Å². The van der Waals surface area contributed by atoms with Gasteiger partial charge in [0.15, 0.2) is 6.61 Å². The van der Waals surface area contributed by atoms with Gasteiger partial charge in [0, 0.05) is 6.54 Å². The fourth-order valence-corrected chi connectivity index (χ4v) is 2.33. The molecule has 0 radical (unpaired) electrons. The Kier molecular flexibility index (Phi) is 6.81. The second-order valence-corrected chi connectivity index (χ2v) is 5.57. The van der Waals surface area contributed by atoms with Gasteiger partial charge in [0.05, 0.1) is 18.2 Å². The zero-order valence-corrected chi connectivity index (χ0v) is 14.5. The number of carbonyl (C=O) groups excluding carboxylic acids is 2. The molecule has 0 atom stereocenters. The fraction of sp³-hybridized carbons (Fsp3) is 0.263. The first-order valence-electron chi connectivity index (χ1n) is 8.04. The third-order valence-electron chi connectivity index (χ3n) is 3.67. The quantitative estimate of drug-likeness (QED) is 0.748. The molecule has 0 unspecified atom stereocenters. The van der Waals surface area contributed by atoms with Crippen molar-refractivity contribution in [2.45, 2.75) is 12.6 Å². The van der Waals surface area contributed by atoms with Crippen molar-refractivity contribution < 1.29 is 32.2 Å². The van der Waals surface area contributed by atoms with Crippen LogP contribution < -0.4 is 10.1 Å². The Balaban J connectivity index is 1.81. The first-order valence-corrected chi connectivity index (χ1v) is 8.04. The number of hydrogen-bond acceptors (Lipinski definition) is 4. The zero-order chi connectivity index (χ0) is 19.9. The van der Waals surface area contributed by atoms with Crippen molar-refractivity contribution in [3.63, 3.8) is 0 Å². The van der Waals surface area contributed by atoms with Crippen LogP contribution in [0.4, 0.5) is 13.2 Å². The van der Waals surface area contributed by atoms with Crippen molar-refractivity contribution in [3.8, 4) is 5.75 Å². The lowest BCUT2D eigenvalue weighted by atomic mass is 10.1. The number of carbonyl (C=O) groups is 2. The Bertz CT molecular complexity index is 806. The highest BCUT2D eigenvalue weighted by atomic mass is 19.4. The van der Waals surface area contributed by atoms with E-state index in [1.54, 1.807) is 13.2 Å². The lowest BCUT2D eigenvalue weighted by Crippen LogP contribution is -2.30. The number of amides is 1. The molecule has 5 nitrogen and oxygen atoms in total. The monoisotopic (exact) mass is 381 g/mol. The van der Waals surface area contributed by atoms with Crippen LogP contribution in [0.1, 0.15) is 21.5 Å². The van der Waals surface area contributed by atoms with Crippen LogP contribution in [0.15, 0.2) is 48.5 Å². The lowest BCUT2D eigenvalue weighted by molar-refractivity contribution is -0.137. The van der Waals surface area contributed by atoms with Crippen LogP contribution in [0.5, 0.6) is 5.75 Å². The number of ether oxygens (including phenoxy) is 2. The summed E-state index contributed by atoms with van der Waals surface area (Å²) >= 11 is 0. The second-order valence-electron chi connectivity index (χ2n) is 5.57. The molecule has 0 fully saturated rings. The van der Waals surface area contributed by atoms with Crippen molar-refractivity contribution in [1.29, 1.82) is 0 Å². The summed E-state index contributed by atoms with van der Waals surface area (Å²) in [4.78, 5) is 23.6. The van der Waals surface area contributed by atoms with Crippen LogP contribution in [0, 0.1) is 0 Å². The molecule has 2 aromatic carbocycles. The summed E-state index contributed by atoms with van der Waals surface area (Å²) in [5.74, 6) is -0.853. The van der Waals surface area contributed by atoms with E-state index in [-0.39, 0.29) is 5.56 Å². The molecule has 144 valence electrons. The highest BCUT2D eigenvalue weighted by molar-refractivity contribution is 5.91. The number of esters is 1. The maximum atomic E-state index is 12.7. The van der Waals surface area contributed by atoms with E-state index < -0.39 is 30.2 Å². The van der Waals surface area contributed by atoms with E-state index in [1.807, 2.05) is 18.2 Å². The first kappa shape index (κ1) is 20.3. The number of hydrogen-bond donors (Lipinski definition) is 1. The van der Waals surface area contributed by atoms with Crippen LogP contribution >= 0.6 is 0 Å². The standard InChI is InChI=1S/C19H18F3NO4/c1-26-16-8-3-2-5-13(16)9-10-23-17(24)12-27-18(25)14-6-4-7-15(11-14)19(20,21)22/h2-8,11H,9-10,12H2,1H3,(H,23,24). The Hall–Kier alpha value is -3.03. The maximum absolute atomic E-state index is 12.7. The first-order chi connectivity index (χ1) is 12.8. The van der Waals surface area contributed by atoms with Gasteiger partial charge >= 0.3 is 12.1 Å². The average molecular weight is 381 g/mol. The van der Waals surface area contributed by atoms with Crippen molar-refractivity contribution >= 4 is 11.9 Å². The molecule has 0 saturated heterocycles. The molecule has 2 aromatic rings. The van der Waals surface area contributed by atoms with Gasteiger partial charge < -0.3 is 14.8 Å². The molecule has 0 aliphatic rings. The number of para-hydroxylation sites is 1. The van der Waals surface area contributed by atoms with Gasteiger partial charge in [0.25, 0.3) is 5.91 Å². The van der Waals surface area contributed by atoms with Gasteiger partial charge in [-0.15, -0.1) is 0 Å². The van der Waals surface area contributed by atoms with Gasteiger partial charge in [-0.05, 0) is 36.2 Å². The van der Waals surface area contributed by atoms with Crippen molar-refractivity contribution in [1.82, 2.24) is 5.32 Å². The summed E-state index contributed by atoms with van der Waals surface area (Å²) in [5, 5.41) is 2.57. The number of nitrogens with one attached hydrogen (secondary N) is 1. The number of halogens is 3. The Morgan fingerprint density at radius 2 is 1.81 bits per heavy atom. The topological polar surface area (TPSA) is 64.6 Å².